The zero-order valence-corrected chi connectivity index (χ0v) is 15.4. The summed E-state index contributed by atoms with van der Waals surface area (Å²) in [4.78, 5) is 16.8. The molecule has 2 heterocycles. The molecule has 0 aliphatic carbocycles. The molecule has 27 heavy (non-hydrogen) atoms. The summed E-state index contributed by atoms with van der Waals surface area (Å²) >= 11 is 7.65. The quantitative estimate of drug-likeness (QED) is 0.476. The van der Waals surface area contributed by atoms with E-state index in [1.165, 1.54) is 22.3 Å². The van der Waals surface area contributed by atoms with Crippen molar-refractivity contribution in [2.24, 2.45) is 0 Å². The van der Waals surface area contributed by atoms with Crippen molar-refractivity contribution in [3.8, 4) is 16.3 Å². The highest BCUT2D eigenvalue weighted by Gasteiger charge is 2.12. The molecule has 0 spiro atoms. The lowest BCUT2D eigenvalue weighted by Crippen LogP contribution is -2.06. The highest BCUT2D eigenvalue weighted by atomic mass is 35.5. The van der Waals surface area contributed by atoms with E-state index >= 15 is 0 Å². The van der Waals surface area contributed by atoms with Crippen molar-refractivity contribution in [3.63, 3.8) is 0 Å². The molecule has 0 saturated carbocycles. The van der Waals surface area contributed by atoms with Gasteiger partial charge in [0.15, 0.2) is 0 Å². The summed E-state index contributed by atoms with van der Waals surface area (Å²) in [5.74, 6) is -0.447. The van der Waals surface area contributed by atoms with Crippen LogP contribution in [0.4, 0.5) is 0 Å². The van der Waals surface area contributed by atoms with Crippen LogP contribution in [0, 0.1) is 0 Å². The van der Waals surface area contributed by atoms with Crippen molar-refractivity contribution >= 4 is 28.9 Å². The number of tetrazole rings is 1. The van der Waals surface area contributed by atoms with Gasteiger partial charge in [-0.3, -0.25) is 0 Å². The second-order valence-electron chi connectivity index (χ2n) is 5.50. The molecule has 134 valence electrons. The lowest BCUT2D eigenvalue weighted by atomic mass is 10.2. The minimum Gasteiger partial charge on any atom is -0.456 e. The van der Waals surface area contributed by atoms with E-state index in [4.69, 9.17) is 16.3 Å². The Morgan fingerprint density at radius 3 is 2.89 bits per heavy atom. The van der Waals surface area contributed by atoms with E-state index in [-0.39, 0.29) is 6.61 Å². The van der Waals surface area contributed by atoms with Crippen LogP contribution >= 0.6 is 22.9 Å². The molecule has 4 rings (SSSR count). The molecule has 0 amide bonds. The largest absolute Gasteiger partial charge is 0.456 e. The highest BCUT2D eigenvalue weighted by molar-refractivity contribution is 7.13. The number of carbonyl (C=O) groups is 1. The molecule has 0 aliphatic rings. The first-order chi connectivity index (χ1) is 13.2. The van der Waals surface area contributed by atoms with Gasteiger partial charge >= 0.3 is 5.97 Å². The fourth-order valence-electron chi connectivity index (χ4n) is 2.41. The summed E-state index contributed by atoms with van der Waals surface area (Å²) < 4.78 is 6.84. The Labute approximate surface area is 163 Å². The maximum absolute atomic E-state index is 12.3. The summed E-state index contributed by atoms with van der Waals surface area (Å²) in [7, 11) is 0. The fraction of sp³-hybridized carbons (Fsp3) is 0.0556. The number of benzene rings is 2. The summed E-state index contributed by atoms with van der Waals surface area (Å²) in [5, 5.41) is 14.2. The maximum Gasteiger partial charge on any atom is 0.338 e. The molecule has 0 fully saturated rings. The van der Waals surface area contributed by atoms with E-state index in [0.717, 1.165) is 10.6 Å². The van der Waals surface area contributed by atoms with E-state index < -0.39 is 5.97 Å². The van der Waals surface area contributed by atoms with Gasteiger partial charge < -0.3 is 4.74 Å². The Hall–Kier alpha value is -3.10. The first kappa shape index (κ1) is 17.3. The lowest BCUT2D eigenvalue weighted by molar-refractivity contribution is 0.0468. The van der Waals surface area contributed by atoms with Gasteiger partial charge in [-0.05, 0) is 34.7 Å². The Morgan fingerprint density at radius 1 is 1.19 bits per heavy atom. The number of rotatable bonds is 5. The van der Waals surface area contributed by atoms with Gasteiger partial charge in [0.05, 0.1) is 22.0 Å². The fourth-order valence-corrected chi connectivity index (χ4v) is 3.53. The Kier molecular flexibility index (Phi) is 4.91. The number of thiazole rings is 1. The van der Waals surface area contributed by atoms with Gasteiger partial charge in [-0.1, -0.05) is 35.9 Å². The highest BCUT2D eigenvalue weighted by Crippen LogP contribution is 2.30. The van der Waals surface area contributed by atoms with Gasteiger partial charge in [-0.25, -0.2) is 14.5 Å². The molecule has 0 aliphatic heterocycles. The number of hydrogen-bond donors (Lipinski definition) is 0. The van der Waals surface area contributed by atoms with E-state index in [1.54, 1.807) is 24.3 Å². The van der Waals surface area contributed by atoms with Crippen LogP contribution in [0.15, 0.2) is 60.2 Å². The molecule has 0 bridgehead atoms. The smallest absolute Gasteiger partial charge is 0.338 e. The lowest BCUT2D eigenvalue weighted by Gasteiger charge is -2.05. The third-order valence-corrected chi connectivity index (χ3v) is 4.96. The Balaban J connectivity index is 1.44. The van der Waals surface area contributed by atoms with Gasteiger partial charge in [-0.2, -0.15) is 0 Å². The molecule has 0 atom stereocenters. The zero-order valence-electron chi connectivity index (χ0n) is 13.8. The van der Waals surface area contributed by atoms with Crippen molar-refractivity contribution in [3.05, 3.63) is 76.5 Å². The normalized spacial score (nSPS) is 10.7. The summed E-state index contributed by atoms with van der Waals surface area (Å²) in [6.07, 6.45) is 1.45. The molecule has 7 nitrogen and oxygen atoms in total. The van der Waals surface area contributed by atoms with Crippen LogP contribution < -0.4 is 0 Å². The monoisotopic (exact) mass is 397 g/mol. The van der Waals surface area contributed by atoms with E-state index in [1.807, 2.05) is 29.6 Å². The minimum atomic E-state index is -0.447. The second kappa shape index (κ2) is 7.65. The van der Waals surface area contributed by atoms with Crippen LogP contribution in [0.5, 0.6) is 0 Å². The Morgan fingerprint density at radius 2 is 2.07 bits per heavy atom. The summed E-state index contributed by atoms with van der Waals surface area (Å²) in [6.45, 7) is 0.0783. The van der Waals surface area contributed by atoms with Crippen molar-refractivity contribution in [1.29, 1.82) is 0 Å². The Bertz CT molecular complexity index is 1080. The van der Waals surface area contributed by atoms with Gasteiger partial charge in [0.1, 0.15) is 17.9 Å². The van der Waals surface area contributed by atoms with Crippen LogP contribution in [0.1, 0.15) is 16.1 Å². The van der Waals surface area contributed by atoms with E-state index in [9.17, 15) is 4.79 Å². The predicted molar refractivity (Wildman–Crippen MR) is 101 cm³/mol. The third-order valence-electron chi connectivity index (χ3n) is 3.70. The second-order valence-corrected chi connectivity index (χ2v) is 6.77. The topological polar surface area (TPSA) is 82.8 Å². The SMILES string of the molecule is O=C(OCc1csc(-c2ccccc2Cl)n1)c1cccc(-n2cnnn2)c1. The number of nitrogens with zero attached hydrogens (tertiary/aromatic N) is 5. The molecule has 4 aromatic rings. The van der Waals surface area contributed by atoms with E-state index in [0.29, 0.717) is 22.0 Å². The van der Waals surface area contributed by atoms with E-state index in [2.05, 4.69) is 20.5 Å². The van der Waals surface area contributed by atoms with Crippen molar-refractivity contribution in [2.75, 3.05) is 0 Å². The molecule has 9 heteroatoms. The average molecular weight is 398 g/mol. The van der Waals surface area contributed by atoms with Crippen LogP contribution in [0.25, 0.3) is 16.3 Å². The van der Waals surface area contributed by atoms with Gasteiger partial charge in [0, 0.05) is 10.9 Å². The minimum absolute atomic E-state index is 0.0783. The van der Waals surface area contributed by atoms with Crippen LogP contribution in [-0.4, -0.2) is 31.2 Å². The number of ether oxygens (including phenoxy) is 1. The third kappa shape index (κ3) is 3.86. The van der Waals surface area contributed by atoms with Crippen molar-refractivity contribution in [1.82, 2.24) is 25.2 Å². The number of esters is 1. The molecule has 0 unspecified atom stereocenters. The van der Waals surface area contributed by atoms with Gasteiger partial charge in [-0.15, -0.1) is 16.4 Å². The van der Waals surface area contributed by atoms with Crippen molar-refractivity contribution < 1.29 is 9.53 Å². The number of carbonyl (C=O) groups excluding carboxylic acids is 1. The van der Waals surface area contributed by atoms with Crippen LogP contribution in [0.3, 0.4) is 0 Å². The molecule has 0 saturated heterocycles. The molecule has 0 N–H and O–H groups in total. The standard InChI is InChI=1S/C18H12ClN5O2S/c19-16-7-2-1-6-15(16)17-21-13(10-27-17)9-26-18(25)12-4-3-5-14(8-12)24-11-20-22-23-24/h1-8,10-11H,9H2. The molecule has 0 radical (unpaired) electrons. The van der Waals surface area contributed by atoms with Gasteiger partial charge in [0.2, 0.25) is 0 Å². The zero-order chi connectivity index (χ0) is 18.6. The summed E-state index contributed by atoms with van der Waals surface area (Å²) in [5.41, 5.74) is 2.60. The first-order valence-corrected chi connectivity index (χ1v) is 9.16. The number of aromatic nitrogens is 5. The molecule has 2 aromatic carbocycles. The number of halogens is 1. The number of hydrogen-bond acceptors (Lipinski definition) is 7. The van der Waals surface area contributed by atoms with Crippen LogP contribution in [-0.2, 0) is 11.3 Å². The first-order valence-electron chi connectivity index (χ1n) is 7.90. The van der Waals surface area contributed by atoms with Crippen molar-refractivity contribution in [2.45, 2.75) is 6.61 Å². The predicted octanol–water partition coefficient (Wildman–Crippen LogP) is 3.80. The average Bonchev–Trinajstić information content (AvgIpc) is 3.39. The summed E-state index contributed by atoms with van der Waals surface area (Å²) in [6, 6.07) is 14.4. The molecular formula is C18H12ClN5O2S. The maximum atomic E-state index is 12.3. The molecule has 2 aromatic heterocycles. The van der Waals surface area contributed by atoms with Crippen LogP contribution in [0.2, 0.25) is 5.02 Å². The van der Waals surface area contributed by atoms with Gasteiger partial charge in [0.25, 0.3) is 0 Å². The molecular weight excluding hydrogens is 386 g/mol.